The maximum absolute atomic E-state index is 11.8. The molecule has 0 saturated heterocycles. The maximum atomic E-state index is 11.8. The van der Waals surface area contributed by atoms with Crippen molar-refractivity contribution in [2.24, 2.45) is 0 Å². The summed E-state index contributed by atoms with van der Waals surface area (Å²) in [6.45, 7) is 1.66. The van der Waals surface area contributed by atoms with Crippen molar-refractivity contribution in [2.45, 2.75) is 19.4 Å². The van der Waals surface area contributed by atoms with Crippen LogP contribution in [-0.4, -0.2) is 39.5 Å². The van der Waals surface area contributed by atoms with Gasteiger partial charge >= 0.3 is 5.97 Å². The Morgan fingerprint density at radius 1 is 1.33 bits per heavy atom. The molecule has 0 heterocycles. The number of rotatable bonds is 8. The molecule has 0 radical (unpaired) electrons. The molecule has 21 heavy (non-hydrogen) atoms. The highest BCUT2D eigenvalue weighted by atomic mass is 32.2. The van der Waals surface area contributed by atoms with E-state index in [1.807, 2.05) is 0 Å². The average molecular weight is 317 g/mol. The summed E-state index contributed by atoms with van der Waals surface area (Å²) >= 11 is 0. The molecule has 8 heteroatoms. The zero-order valence-corrected chi connectivity index (χ0v) is 12.9. The molecule has 0 spiro atoms. The Morgan fingerprint density at radius 3 is 2.52 bits per heavy atom. The number of aliphatic carboxylic acids is 1. The minimum Gasteiger partial charge on any atom is -0.497 e. The van der Waals surface area contributed by atoms with Gasteiger partial charge in [-0.25, -0.2) is 13.1 Å². The van der Waals surface area contributed by atoms with Gasteiger partial charge in [0.1, 0.15) is 11.5 Å². The molecule has 1 atom stereocenters. The fourth-order valence-electron chi connectivity index (χ4n) is 1.79. The summed E-state index contributed by atoms with van der Waals surface area (Å²) < 4.78 is 36.3. The minimum absolute atomic E-state index is 0.443. The number of carboxylic acids is 1. The summed E-state index contributed by atoms with van der Waals surface area (Å²) in [5, 5.41) is 8.54. The lowest BCUT2D eigenvalue weighted by Crippen LogP contribution is -2.30. The summed E-state index contributed by atoms with van der Waals surface area (Å²) in [6, 6.07) is 4.49. The zero-order valence-electron chi connectivity index (χ0n) is 12.1. The lowest BCUT2D eigenvalue weighted by molar-refractivity contribution is -0.136. The molecular formula is C13H19NO6S. The fourth-order valence-corrected chi connectivity index (χ4v) is 3.02. The second-order valence-electron chi connectivity index (χ2n) is 4.41. The van der Waals surface area contributed by atoms with Crippen molar-refractivity contribution in [1.29, 1.82) is 0 Å². The van der Waals surface area contributed by atoms with Crippen molar-refractivity contribution in [3.63, 3.8) is 0 Å². The summed E-state index contributed by atoms with van der Waals surface area (Å²) in [7, 11) is -0.686. The first-order chi connectivity index (χ1) is 9.79. The molecular weight excluding hydrogens is 298 g/mol. The molecule has 2 N–H and O–H groups in total. The van der Waals surface area contributed by atoms with Gasteiger partial charge in [0.2, 0.25) is 10.0 Å². The number of hydrogen-bond donors (Lipinski definition) is 2. The van der Waals surface area contributed by atoms with Gasteiger partial charge in [0, 0.05) is 17.7 Å². The van der Waals surface area contributed by atoms with Crippen LogP contribution in [0.5, 0.6) is 11.5 Å². The van der Waals surface area contributed by atoms with E-state index in [0.29, 0.717) is 17.1 Å². The van der Waals surface area contributed by atoms with Crippen LogP contribution in [0.4, 0.5) is 0 Å². The van der Waals surface area contributed by atoms with Crippen LogP contribution in [-0.2, 0) is 14.8 Å². The van der Waals surface area contributed by atoms with E-state index >= 15 is 0 Å². The van der Waals surface area contributed by atoms with Crippen LogP contribution in [0.1, 0.15) is 24.9 Å². The van der Waals surface area contributed by atoms with Gasteiger partial charge in [0.25, 0.3) is 0 Å². The highest BCUT2D eigenvalue weighted by Gasteiger charge is 2.20. The van der Waals surface area contributed by atoms with E-state index < -0.39 is 34.2 Å². The van der Waals surface area contributed by atoms with E-state index in [9.17, 15) is 13.2 Å². The number of carbonyl (C=O) groups is 1. The number of methoxy groups -OCH3 is 2. The minimum atomic E-state index is -3.68. The first kappa shape index (κ1) is 17.3. The molecule has 1 aromatic rings. The maximum Gasteiger partial charge on any atom is 0.304 e. The van der Waals surface area contributed by atoms with Gasteiger partial charge in [-0.2, -0.15) is 0 Å². The van der Waals surface area contributed by atoms with E-state index in [-0.39, 0.29) is 0 Å². The molecule has 0 fully saturated rings. The van der Waals surface area contributed by atoms with E-state index in [0.717, 1.165) is 0 Å². The monoisotopic (exact) mass is 317 g/mol. The number of nitrogens with one attached hydrogen (secondary N) is 1. The average Bonchev–Trinajstić information content (AvgIpc) is 2.44. The normalized spacial score (nSPS) is 12.7. The van der Waals surface area contributed by atoms with Crippen LogP contribution in [0.15, 0.2) is 18.2 Å². The lowest BCUT2D eigenvalue weighted by atomic mass is 10.1. The van der Waals surface area contributed by atoms with Gasteiger partial charge in [-0.3, -0.25) is 4.79 Å². The number of carboxylic acid groups (broad SMARTS) is 1. The Labute approximate surface area is 123 Å². The summed E-state index contributed by atoms with van der Waals surface area (Å²) in [4.78, 5) is 10.4. The predicted octanol–water partition coefficient (Wildman–Crippen LogP) is 1.16. The third-order valence-corrected chi connectivity index (χ3v) is 4.30. The van der Waals surface area contributed by atoms with Gasteiger partial charge in [-0.15, -0.1) is 0 Å². The summed E-state index contributed by atoms with van der Waals surface area (Å²) in [5.74, 6) is -0.542. The molecule has 1 aromatic carbocycles. The number of benzene rings is 1. The Hall–Kier alpha value is -1.80. The van der Waals surface area contributed by atoms with Crippen molar-refractivity contribution < 1.29 is 27.8 Å². The molecule has 0 aromatic heterocycles. The number of hydrogen-bond acceptors (Lipinski definition) is 5. The van der Waals surface area contributed by atoms with E-state index in [1.54, 1.807) is 25.1 Å². The second kappa shape index (κ2) is 7.28. The van der Waals surface area contributed by atoms with Crippen LogP contribution in [0.2, 0.25) is 0 Å². The highest BCUT2D eigenvalue weighted by molar-refractivity contribution is 7.89. The first-order valence-electron chi connectivity index (χ1n) is 6.22. The number of ether oxygens (including phenoxy) is 2. The van der Waals surface area contributed by atoms with Crippen LogP contribution in [0, 0.1) is 0 Å². The summed E-state index contributed by atoms with van der Waals surface area (Å²) in [6.07, 6.45) is -0.443. The zero-order chi connectivity index (χ0) is 16.0. The Balaban J connectivity index is 2.88. The van der Waals surface area contributed by atoms with Crippen molar-refractivity contribution in [1.82, 2.24) is 4.72 Å². The standard InChI is InChI=1S/C13H19NO6S/c1-9(14-21(17,18)7-6-13(15)16)11-5-4-10(19-2)8-12(11)20-3/h4-5,8-9,14H,6-7H2,1-3H3,(H,15,16). The van der Waals surface area contributed by atoms with Gasteiger partial charge in [0.05, 0.1) is 26.4 Å². The molecule has 7 nitrogen and oxygen atoms in total. The van der Waals surface area contributed by atoms with Gasteiger partial charge in [-0.05, 0) is 13.0 Å². The summed E-state index contributed by atoms with van der Waals surface area (Å²) in [5.41, 5.74) is 0.636. The van der Waals surface area contributed by atoms with Crippen LogP contribution < -0.4 is 14.2 Å². The topological polar surface area (TPSA) is 102 Å². The second-order valence-corrected chi connectivity index (χ2v) is 6.28. The van der Waals surface area contributed by atoms with Crippen LogP contribution >= 0.6 is 0 Å². The van der Waals surface area contributed by atoms with E-state index in [4.69, 9.17) is 14.6 Å². The van der Waals surface area contributed by atoms with Crippen molar-refractivity contribution in [2.75, 3.05) is 20.0 Å². The molecule has 0 saturated carbocycles. The largest absolute Gasteiger partial charge is 0.497 e. The van der Waals surface area contributed by atoms with E-state index in [2.05, 4.69) is 4.72 Å². The van der Waals surface area contributed by atoms with Gasteiger partial charge < -0.3 is 14.6 Å². The predicted molar refractivity (Wildman–Crippen MR) is 77.1 cm³/mol. The third-order valence-electron chi connectivity index (χ3n) is 2.85. The van der Waals surface area contributed by atoms with Gasteiger partial charge in [0.15, 0.2) is 0 Å². The quantitative estimate of drug-likeness (QED) is 0.746. The number of sulfonamides is 1. The van der Waals surface area contributed by atoms with Gasteiger partial charge in [-0.1, -0.05) is 6.07 Å². The molecule has 118 valence electrons. The SMILES string of the molecule is COc1ccc(C(C)NS(=O)(=O)CCC(=O)O)c(OC)c1. The Bertz CT molecular complexity index is 599. The first-order valence-corrected chi connectivity index (χ1v) is 7.88. The molecule has 1 rings (SSSR count). The molecule has 0 aliphatic carbocycles. The van der Waals surface area contributed by atoms with E-state index in [1.165, 1.54) is 14.2 Å². The lowest BCUT2D eigenvalue weighted by Gasteiger charge is -2.18. The molecule has 0 aliphatic heterocycles. The third kappa shape index (κ3) is 5.24. The molecule has 0 bridgehead atoms. The fraction of sp³-hybridized carbons (Fsp3) is 0.462. The Kier molecular flexibility index (Phi) is 5.98. The van der Waals surface area contributed by atoms with Crippen LogP contribution in [0.25, 0.3) is 0 Å². The van der Waals surface area contributed by atoms with Crippen molar-refractivity contribution >= 4 is 16.0 Å². The van der Waals surface area contributed by atoms with Crippen molar-refractivity contribution in [3.05, 3.63) is 23.8 Å². The Morgan fingerprint density at radius 2 is 2.00 bits per heavy atom. The molecule has 0 amide bonds. The molecule has 0 aliphatic rings. The van der Waals surface area contributed by atoms with Crippen molar-refractivity contribution in [3.8, 4) is 11.5 Å². The highest BCUT2D eigenvalue weighted by Crippen LogP contribution is 2.29. The molecule has 1 unspecified atom stereocenters. The smallest absolute Gasteiger partial charge is 0.304 e. The van der Waals surface area contributed by atoms with Crippen LogP contribution in [0.3, 0.4) is 0 Å².